The number of nitrogens with one attached hydrogen (secondary N) is 2. The molecule has 1 aromatic heterocycles. The van der Waals surface area contributed by atoms with Crippen LogP contribution >= 0.6 is 0 Å². The molecule has 5 nitrogen and oxygen atoms in total. The normalized spacial score (nSPS) is 14.9. The number of hydrogen-bond donors (Lipinski definition) is 2. The Morgan fingerprint density at radius 3 is 2.84 bits per heavy atom. The van der Waals surface area contributed by atoms with Crippen LogP contribution in [0, 0.1) is 0 Å². The fourth-order valence-corrected chi connectivity index (χ4v) is 2.19. The molecule has 0 atom stereocenters. The first-order valence-electron chi connectivity index (χ1n) is 7.30. The van der Waals surface area contributed by atoms with E-state index in [2.05, 4.69) is 34.3 Å². The Hall–Kier alpha value is -1.36. The molecule has 0 saturated heterocycles. The third-order valence-electron chi connectivity index (χ3n) is 3.68. The minimum Gasteiger partial charge on any atom is -0.351 e. The van der Waals surface area contributed by atoms with Crippen LogP contribution in [0.5, 0.6) is 0 Å². The van der Waals surface area contributed by atoms with E-state index in [1.165, 1.54) is 12.8 Å². The number of carbonyl (C=O) groups is 1. The molecule has 1 aromatic rings. The van der Waals surface area contributed by atoms with Gasteiger partial charge < -0.3 is 10.2 Å². The maximum atomic E-state index is 11.9. The number of aromatic nitrogens is 2. The van der Waals surface area contributed by atoms with E-state index in [1.807, 2.05) is 6.07 Å². The number of carbonyl (C=O) groups excluding carboxylic acids is 1. The van der Waals surface area contributed by atoms with Gasteiger partial charge in [0.1, 0.15) is 5.69 Å². The van der Waals surface area contributed by atoms with E-state index in [4.69, 9.17) is 0 Å². The summed E-state index contributed by atoms with van der Waals surface area (Å²) < 4.78 is 0. The summed E-state index contributed by atoms with van der Waals surface area (Å²) in [6, 6.07) is 1.89. The fourth-order valence-electron chi connectivity index (χ4n) is 2.19. The van der Waals surface area contributed by atoms with Crippen LogP contribution in [-0.4, -0.2) is 47.2 Å². The van der Waals surface area contributed by atoms with Gasteiger partial charge in [-0.2, -0.15) is 5.10 Å². The van der Waals surface area contributed by atoms with E-state index >= 15 is 0 Å². The quantitative estimate of drug-likeness (QED) is 0.703. The smallest absolute Gasteiger partial charge is 0.271 e. The summed E-state index contributed by atoms with van der Waals surface area (Å²) in [5.74, 6) is 0.541. The van der Waals surface area contributed by atoms with Crippen LogP contribution in [0.15, 0.2) is 6.07 Å². The average molecular weight is 264 g/mol. The van der Waals surface area contributed by atoms with Gasteiger partial charge in [0.15, 0.2) is 0 Å². The lowest BCUT2D eigenvalue weighted by Crippen LogP contribution is -2.30. The first-order chi connectivity index (χ1) is 9.24. The van der Waals surface area contributed by atoms with Gasteiger partial charge >= 0.3 is 0 Å². The maximum Gasteiger partial charge on any atom is 0.271 e. The number of rotatable bonds is 8. The van der Waals surface area contributed by atoms with E-state index in [1.54, 1.807) is 0 Å². The van der Waals surface area contributed by atoms with E-state index in [0.717, 1.165) is 31.7 Å². The van der Waals surface area contributed by atoms with Crippen molar-refractivity contribution in [3.63, 3.8) is 0 Å². The highest BCUT2D eigenvalue weighted by atomic mass is 16.1. The maximum absolute atomic E-state index is 11.9. The van der Waals surface area contributed by atoms with Crippen molar-refractivity contribution in [1.29, 1.82) is 0 Å². The Morgan fingerprint density at radius 1 is 1.47 bits per heavy atom. The van der Waals surface area contributed by atoms with Crippen LogP contribution in [0.3, 0.4) is 0 Å². The Morgan fingerprint density at radius 2 is 2.21 bits per heavy atom. The molecule has 1 heterocycles. The van der Waals surface area contributed by atoms with Gasteiger partial charge in [-0.3, -0.25) is 9.89 Å². The van der Waals surface area contributed by atoms with Crippen LogP contribution in [0.4, 0.5) is 0 Å². The van der Waals surface area contributed by atoms with Gasteiger partial charge in [0.05, 0.1) is 0 Å². The summed E-state index contributed by atoms with van der Waals surface area (Å²) in [4.78, 5) is 14.2. The van der Waals surface area contributed by atoms with Crippen LogP contribution in [-0.2, 0) is 0 Å². The van der Waals surface area contributed by atoms with Crippen molar-refractivity contribution in [2.24, 2.45) is 0 Å². The molecule has 5 heteroatoms. The molecular weight excluding hydrogens is 240 g/mol. The molecule has 0 radical (unpaired) electrons. The molecular formula is C14H24N4O. The number of hydrogen-bond acceptors (Lipinski definition) is 3. The number of amides is 1. The molecule has 1 saturated carbocycles. The minimum absolute atomic E-state index is 0.0669. The monoisotopic (exact) mass is 264 g/mol. The highest BCUT2D eigenvalue weighted by Crippen LogP contribution is 2.38. The highest BCUT2D eigenvalue weighted by Gasteiger charge is 2.26. The molecule has 1 aliphatic carbocycles. The van der Waals surface area contributed by atoms with Gasteiger partial charge in [-0.25, -0.2) is 0 Å². The van der Waals surface area contributed by atoms with Crippen molar-refractivity contribution in [2.45, 2.75) is 39.0 Å². The SMILES string of the molecule is CCN(CC)CCCNC(=O)c1cc(C2CC2)[nH]n1. The molecule has 0 bridgehead atoms. The predicted octanol–water partition coefficient (Wildman–Crippen LogP) is 1.75. The van der Waals surface area contributed by atoms with Crippen molar-refractivity contribution < 1.29 is 4.79 Å². The van der Waals surface area contributed by atoms with Crippen molar-refractivity contribution >= 4 is 5.91 Å². The van der Waals surface area contributed by atoms with E-state index in [-0.39, 0.29) is 5.91 Å². The molecule has 0 spiro atoms. The Kier molecular flexibility index (Phi) is 4.96. The van der Waals surface area contributed by atoms with Crippen LogP contribution in [0.1, 0.15) is 55.2 Å². The number of aromatic amines is 1. The third kappa shape index (κ3) is 4.06. The summed E-state index contributed by atoms with van der Waals surface area (Å²) in [5.41, 5.74) is 1.62. The van der Waals surface area contributed by atoms with Crippen LogP contribution in [0.2, 0.25) is 0 Å². The van der Waals surface area contributed by atoms with Crippen LogP contribution < -0.4 is 5.32 Å². The first-order valence-corrected chi connectivity index (χ1v) is 7.30. The first kappa shape index (κ1) is 14.1. The standard InChI is InChI=1S/C14H24N4O/c1-3-18(4-2)9-5-8-15-14(19)13-10-12(16-17-13)11-6-7-11/h10-11H,3-9H2,1-2H3,(H,15,19)(H,16,17). The molecule has 2 N–H and O–H groups in total. The fraction of sp³-hybridized carbons (Fsp3) is 0.714. The average Bonchev–Trinajstić information content (AvgIpc) is 3.16. The molecule has 0 unspecified atom stereocenters. The van der Waals surface area contributed by atoms with Crippen LogP contribution in [0.25, 0.3) is 0 Å². The zero-order valence-corrected chi connectivity index (χ0v) is 11.9. The van der Waals surface area contributed by atoms with Gasteiger partial charge in [-0.1, -0.05) is 13.8 Å². The van der Waals surface area contributed by atoms with Crippen molar-refractivity contribution in [3.05, 3.63) is 17.5 Å². The number of H-pyrrole nitrogens is 1. The molecule has 1 amide bonds. The van der Waals surface area contributed by atoms with Gasteiger partial charge in [0, 0.05) is 18.2 Å². The molecule has 19 heavy (non-hydrogen) atoms. The summed E-state index contributed by atoms with van der Waals surface area (Å²) in [7, 11) is 0. The summed E-state index contributed by atoms with van der Waals surface area (Å²) in [6.45, 7) is 8.18. The Bertz CT molecular complexity index is 407. The third-order valence-corrected chi connectivity index (χ3v) is 3.68. The highest BCUT2D eigenvalue weighted by molar-refractivity contribution is 5.92. The molecule has 0 aliphatic heterocycles. The topological polar surface area (TPSA) is 61.0 Å². The van der Waals surface area contributed by atoms with E-state index in [0.29, 0.717) is 18.2 Å². The second kappa shape index (κ2) is 6.70. The van der Waals surface area contributed by atoms with Crippen molar-refractivity contribution in [3.8, 4) is 0 Å². The zero-order valence-electron chi connectivity index (χ0n) is 11.9. The second-order valence-corrected chi connectivity index (χ2v) is 5.12. The molecule has 1 fully saturated rings. The molecule has 2 rings (SSSR count). The molecule has 1 aliphatic rings. The lowest BCUT2D eigenvalue weighted by molar-refractivity contribution is 0.0947. The molecule has 106 valence electrons. The van der Waals surface area contributed by atoms with Gasteiger partial charge in [-0.05, 0) is 45.0 Å². The van der Waals surface area contributed by atoms with Gasteiger partial charge in [-0.15, -0.1) is 0 Å². The Labute approximate surface area is 114 Å². The largest absolute Gasteiger partial charge is 0.351 e. The van der Waals surface area contributed by atoms with Gasteiger partial charge in [0.25, 0.3) is 5.91 Å². The summed E-state index contributed by atoms with van der Waals surface area (Å²) in [5, 5.41) is 9.96. The predicted molar refractivity (Wildman–Crippen MR) is 75.3 cm³/mol. The minimum atomic E-state index is -0.0669. The van der Waals surface area contributed by atoms with E-state index < -0.39 is 0 Å². The van der Waals surface area contributed by atoms with Crippen molar-refractivity contribution in [1.82, 2.24) is 20.4 Å². The number of nitrogens with zero attached hydrogens (tertiary/aromatic N) is 2. The lowest BCUT2D eigenvalue weighted by Gasteiger charge is -2.17. The summed E-state index contributed by atoms with van der Waals surface area (Å²) >= 11 is 0. The lowest BCUT2D eigenvalue weighted by atomic mass is 10.2. The van der Waals surface area contributed by atoms with Gasteiger partial charge in [0.2, 0.25) is 0 Å². The molecule has 0 aromatic carbocycles. The zero-order chi connectivity index (χ0) is 13.7. The van der Waals surface area contributed by atoms with E-state index in [9.17, 15) is 4.79 Å². The summed E-state index contributed by atoms with van der Waals surface area (Å²) in [6.07, 6.45) is 3.41. The Balaban J connectivity index is 1.68. The second-order valence-electron chi connectivity index (χ2n) is 5.12. The van der Waals surface area contributed by atoms with Crippen molar-refractivity contribution in [2.75, 3.05) is 26.2 Å².